The fourth-order valence-corrected chi connectivity index (χ4v) is 3.32. The molecule has 1 N–H and O–H groups in total. The Morgan fingerprint density at radius 1 is 1.00 bits per heavy atom. The van der Waals surface area contributed by atoms with Gasteiger partial charge in [-0.2, -0.15) is 0 Å². The molecular formula is C23H20N4O4. The highest BCUT2D eigenvalue weighted by molar-refractivity contribution is 6.21. The largest absolute Gasteiger partial charge is 0.424 e. The lowest BCUT2D eigenvalue weighted by Crippen LogP contribution is -2.32. The molecule has 1 aliphatic heterocycles. The molecule has 8 nitrogen and oxygen atoms in total. The van der Waals surface area contributed by atoms with Crippen molar-refractivity contribution in [1.29, 1.82) is 0 Å². The van der Waals surface area contributed by atoms with Crippen LogP contribution in [0.5, 0.6) is 11.8 Å². The normalized spacial score (nSPS) is 12.6. The van der Waals surface area contributed by atoms with Crippen LogP contribution in [0.3, 0.4) is 0 Å². The summed E-state index contributed by atoms with van der Waals surface area (Å²) >= 11 is 0. The monoisotopic (exact) mass is 416 g/mol. The van der Waals surface area contributed by atoms with Gasteiger partial charge in [0.1, 0.15) is 5.75 Å². The first-order chi connectivity index (χ1) is 14.9. The van der Waals surface area contributed by atoms with Gasteiger partial charge >= 0.3 is 6.01 Å². The molecule has 0 atom stereocenters. The molecule has 156 valence electrons. The van der Waals surface area contributed by atoms with Crippen molar-refractivity contribution in [1.82, 2.24) is 14.9 Å². The van der Waals surface area contributed by atoms with E-state index in [-0.39, 0.29) is 36.7 Å². The van der Waals surface area contributed by atoms with Gasteiger partial charge < -0.3 is 10.1 Å². The Hall–Kier alpha value is -4.07. The van der Waals surface area contributed by atoms with E-state index in [9.17, 15) is 14.4 Å². The minimum Gasteiger partial charge on any atom is -0.424 e. The van der Waals surface area contributed by atoms with Crippen molar-refractivity contribution < 1.29 is 19.1 Å². The summed E-state index contributed by atoms with van der Waals surface area (Å²) in [7, 11) is 0. The fraction of sp³-hybridized carbons (Fsp3) is 0.174. The molecular weight excluding hydrogens is 396 g/mol. The van der Waals surface area contributed by atoms with Crippen LogP contribution in [-0.2, 0) is 4.79 Å². The molecule has 3 amide bonds. The number of aromatic nitrogens is 2. The van der Waals surface area contributed by atoms with Gasteiger partial charge in [0.05, 0.1) is 11.1 Å². The number of rotatable bonds is 6. The number of aryl methyl sites for hydroxylation is 2. The smallest absolute Gasteiger partial charge is 0.321 e. The predicted octanol–water partition coefficient (Wildman–Crippen LogP) is 3.51. The van der Waals surface area contributed by atoms with E-state index in [4.69, 9.17) is 4.74 Å². The Balaban J connectivity index is 1.36. The Morgan fingerprint density at radius 2 is 1.74 bits per heavy atom. The number of nitrogens with zero attached hydrogens (tertiary/aromatic N) is 3. The summed E-state index contributed by atoms with van der Waals surface area (Å²) in [6.07, 6.45) is 3.17. The number of carbonyl (C=O) groups is 3. The van der Waals surface area contributed by atoms with E-state index in [0.717, 1.165) is 16.0 Å². The van der Waals surface area contributed by atoms with E-state index < -0.39 is 0 Å². The standard InChI is InChI=1S/C23H20N4O4/c1-14-4-6-17-18(12-14)22(30)27(21(17)29)11-8-20(28)26-19-7-5-16(13-15(19)2)31-23-24-9-3-10-25-23/h3-7,9-10,12-13H,8,11H2,1-2H3,(H,26,28). The molecule has 0 spiro atoms. The highest BCUT2D eigenvalue weighted by Gasteiger charge is 2.35. The lowest BCUT2D eigenvalue weighted by Gasteiger charge is -2.14. The maximum atomic E-state index is 12.5. The van der Waals surface area contributed by atoms with Crippen LogP contribution >= 0.6 is 0 Å². The van der Waals surface area contributed by atoms with Gasteiger partial charge in [0.15, 0.2) is 0 Å². The maximum Gasteiger partial charge on any atom is 0.321 e. The van der Waals surface area contributed by atoms with Gasteiger partial charge in [-0.3, -0.25) is 19.3 Å². The van der Waals surface area contributed by atoms with Gasteiger partial charge in [0.2, 0.25) is 5.91 Å². The zero-order valence-electron chi connectivity index (χ0n) is 17.1. The van der Waals surface area contributed by atoms with Gasteiger partial charge in [-0.15, -0.1) is 0 Å². The van der Waals surface area contributed by atoms with Crippen molar-refractivity contribution in [2.75, 3.05) is 11.9 Å². The molecule has 1 aliphatic rings. The first-order valence-electron chi connectivity index (χ1n) is 9.74. The van der Waals surface area contributed by atoms with Gasteiger partial charge in [0, 0.05) is 31.0 Å². The van der Waals surface area contributed by atoms with Gasteiger partial charge in [-0.25, -0.2) is 9.97 Å². The summed E-state index contributed by atoms with van der Waals surface area (Å²) in [6.45, 7) is 3.71. The summed E-state index contributed by atoms with van der Waals surface area (Å²) in [4.78, 5) is 46.6. The maximum absolute atomic E-state index is 12.5. The lowest BCUT2D eigenvalue weighted by molar-refractivity contribution is -0.116. The third-order valence-electron chi connectivity index (χ3n) is 4.91. The second kappa shape index (κ2) is 8.35. The Kier molecular flexibility index (Phi) is 5.44. The number of fused-ring (bicyclic) bond motifs is 1. The summed E-state index contributed by atoms with van der Waals surface area (Å²) in [5, 5.41) is 2.81. The average Bonchev–Trinajstić information content (AvgIpc) is 2.98. The topological polar surface area (TPSA) is 101 Å². The van der Waals surface area contributed by atoms with E-state index in [2.05, 4.69) is 15.3 Å². The molecule has 0 saturated carbocycles. The van der Waals surface area contributed by atoms with Crippen molar-refractivity contribution in [2.45, 2.75) is 20.3 Å². The van der Waals surface area contributed by atoms with E-state index in [1.54, 1.807) is 54.9 Å². The summed E-state index contributed by atoms with van der Waals surface area (Å²) in [5.74, 6) is -0.482. The molecule has 2 heterocycles. The second-order valence-corrected chi connectivity index (χ2v) is 7.22. The average molecular weight is 416 g/mol. The van der Waals surface area contributed by atoms with Crippen molar-refractivity contribution in [3.05, 3.63) is 77.1 Å². The van der Waals surface area contributed by atoms with Gasteiger partial charge in [0.25, 0.3) is 11.8 Å². The minimum absolute atomic E-state index is 0.00000249. The summed E-state index contributed by atoms with van der Waals surface area (Å²) < 4.78 is 5.58. The number of hydrogen-bond acceptors (Lipinski definition) is 6. The molecule has 8 heteroatoms. The number of imide groups is 1. The third-order valence-corrected chi connectivity index (χ3v) is 4.91. The van der Waals surface area contributed by atoms with Crippen LogP contribution in [0.25, 0.3) is 0 Å². The zero-order valence-corrected chi connectivity index (χ0v) is 17.1. The number of benzene rings is 2. The van der Waals surface area contributed by atoms with E-state index in [1.807, 2.05) is 13.8 Å². The Morgan fingerprint density at radius 3 is 2.48 bits per heavy atom. The van der Waals surface area contributed by atoms with Crippen LogP contribution in [-0.4, -0.2) is 39.1 Å². The van der Waals surface area contributed by atoms with Crippen LogP contribution in [0.2, 0.25) is 0 Å². The first-order valence-corrected chi connectivity index (χ1v) is 9.74. The second-order valence-electron chi connectivity index (χ2n) is 7.22. The molecule has 3 aromatic rings. The highest BCUT2D eigenvalue weighted by Crippen LogP contribution is 2.26. The van der Waals surface area contributed by atoms with Crippen molar-refractivity contribution in [3.63, 3.8) is 0 Å². The number of hydrogen-bond donors (Lipinski definition) is 1. The molecule has 4 rings (SSSR count). The van der Waals surface area contributed by atoms with Gasteiger partial charge in [-0.1, -0.05) is 11.6 Å². The number of ether oxygens (including phenoxy) is 1. The Labute approximate surface area is 178 Å². The van der Waals surface area contributed by atoms with Crippen molar-refractivity contribution in [2.24, 2.45) is 0 Å². The van der Waals surface area contributed by atoms with E-state index in [0.29, 0.717) is 22.6 Å². The number of nitrogens with one attached hydrogen (secondary N) is 1. The molecule has 0 bridgehead atoms. The Bertz CT molecular complexity index is 1180. The van der Waals surface area contributed by atoms with Crippen LogP contribution < -0.4 is 10.1 Å². The first kappa shape index (κ1) is 20.2. The van der Waals surface area contributed by atoms with E-state index >= 15 is 0 Å². The molecule has 0 aliphatic carbocycles. The molecule has 0 fully saturated rings. The van der Waals surface area contributed by atoms with Crippen LogP contribution in [0.15, 0.2) is 54.9 Å². The SMILES string of the molecule is Cc1ccc2c(c1)C(=O)N(CCC(=O)Nc1ccc(Oc3ncccn3)cc1C)C2=O. The molecule has 0 unspecified atom stereocenters. The number of carbonyl (C=O) groups excluding carboxylic acids is 3. The summed E-state index contributed by atoms with van der Waals surface area (Å²) in [6, 6.07) is 12.2. The zero-order chi connectivity index (χ0) is 22.0. The fourth-order valence-electron chi connectivity index (χ4n) is 3.32. The molecule has 31 heavy (non-hydrogen) atoms. The lowest BCUT2D eigenvalue weighted by atomic mass is 10.1. The quantitative estimate of drug-likeness (QED) is 0.617. The predicted molar refractivity (Wildman–Crippen MR) is 113 cm³/mol. The highest BCUT2D eigenvalue weighted by atomic mass is 16.5. The van der Waals surface area contributed by atoms with Crippen LogP contribution in [0.1, 0.15) is 38.3 Å². The number of amides is 3. The third kappa shape index (κ3) is 4.28. The number of anilines is 1. The van der Waals surface area contributed by atoms with Crippen LogP contribution in [0, 0.1) is 13.8 Å². The molecule has 0 saturated heterocycles. The molecule has 1 aromatic heterocycles. The van der Waals surface area contributed by atoms with Crippen LogP contribution in [0.4, 0.5) is 5.69 Å². The molecule has 0 radical (unpaired) electrons. The molecule has 2 aromatic carbocycles. The summed E-state index contributed by atoms with van der Waals surface area (Å²) in [5.41, 5.74) is 3.08. The minimum atomic E-state index is -0.367. The van der Waals surface area contributed by atoms with Crippen molar-refractivity contribution >= 4 is 23.4 Å². The van der Waals surface area contributed by atoms with E-state index in [1.165, 1.54) is 0 Å². The van der Waals surface area contributed by atoms with Crippen molar-refractivity contribution in [3.8, 4) is 11.8 Å². The van der Waals surface area contributed by atoms with Gasteiger partial charge in [-0.05, 0) is 55.8 Å².